The third-order valence-electron chi connectivity index (χ3n) is 4.31. The number of para-hydroxylation sites is 1. The van der Waals surface area contributed by atoms with Gasteiger partial charge in [-0.05, 0) is 43.3 Å². The largest absolute Gasteiger partial charge is 0.343 e. The molecule has 0 bridgehead atoms. The lowest BCUT2D eigenvalue weighted by Gasteiger charge is -2.07. The Morgan fingerprint density at radius 2 is 1.90 bits per heavy atom. The molecule has 9 heteroatoms. The molecule has 0 atom stereocenters. The van der Waals surface area contributed by atoms with Gasteiger partial charge in [0.15, 0.2) is 0 Å². The van der Waals surface area contributed by atoms with Crippen LogP contribution in [0.3, 0.4) is 0 Å². The number of nitrogens with one attached hydrogen (secondary N) is 1. The summed E-state index contributed by atoms with van der Waals surface area (Å²) < 4.78 is 6.84. The quantitative estimate of drug-likeness (QED) is 0.507. The van der Waals surface area contributed by atoms with E-state index in [1.807, 2.05) is 18.2 Å². The number of amides is 1. The van der Waals surface area contributed by atoms with E-state index in [0.717, 1.165) is 5.56 Å². The lowest BCUT2D eigenvalue weighted by molar-refractivity contribution is 0.0945. The van der Waals surface area contributed by atoms with Gasteiger partial charge in [-0.2, -0.15) is 10.1 Å². The summed E-state index contributed by atoms with van der Waals surface area (Å²) in [6.45, 7) is 1.90. The zero-order chi connectivity index (χ0) is 20.4. The summed E-state index contributed by atoms with van der Waals surface area (Å²) >= 11 is 12.1. The number of hydrogen-bond acceptors (Lipinski definition) is 5. The predicted molar refractivity (Wildman–Crippen MR) is 109 cm³/mol. The summed E-state index contributed by atoms with van der Waals surface area (Å²) in [4.78, 5) is 16.9. The van der Waals surface area contributed by atoms with Crippen LogP contribution in [0.4, 0.5) is 0 Å². The molecule has 0 aliphatic carbocycles. The first kappa shape index (κ1) is 19.2. The van der Waals surface area contributed by atoms with Gasteiger partial charge in [0, 0.05) is 10.6 Å². The molecule has 0 saturated heterocycles. The van der Waals surface area contributed by atoms with Crippen LogP contribution in [0.2, 0.25) is 10.0 Å². The molecule has 2 aromatic heterocycles. The molecule has 0 aliphatic heterocycles. The molecule has 0 spiro atoms. The Kier molecular flexibility index (Phi) is 5.33. The minimum atomic E-state index is -0.299. The van der Waals surface area contributed by atoms with Crippen LogP contribution in [0.1, 0.15) is 21.9 Å². The van der Waals surface area contributed by atoms with Crippen molar-refractivity contribution in [2.45, 2.75) is 13.5 Å². The fourth-order valence-electron chi connectivity index (χ4n) is 2.79. The maximum Gasteiger partial charge on any atom is 0.255 e. The average Bonchev–Trinajstić information content (AvgIpc) is 3.34. The standard InChI is InChI=1S/C20H15Cl2N5O2/c1-12-15(10-24-27(12)17-5-3-2-4-16(17)22)20(28)23-11-18-25-19(26-29-18)13-6-8-14(21)9-7-13/h2-10H,11H2,1H3,(H,23,28). The van der Waals surface area contributed by atoms with E-state index < -0.39 is 0 Å². The van der Waals surface area contributed by atoms with Crippen LogP contribution in [0.25, 0.3) is 17.1 Å². The van der Waals surface area contributed by atoms with Crippen molar-refractivity contribution >= 4 is 29.1 Å². The first-order valence-electron chi connectivity index (χ1n) is 8.69. The Morgan fingerprint density at radius 3 is 2.66 bits per heavy atom. The van der Waals surface area contributed by atoms with E-state index in [9.17, 15) is 4.79 Å². The molecule has 4 aromatic rings. The van der Waals surface area contributed by atoms with E-state index in [4.69, 9.17) is 27.7 Å². The highest BCUT2D eigenvalue weighted by molar-refractivity contribution is 6.32. The van der Waals surface area contributed by atoms with Gasteiger partial charge in [-0.1, -0.05) is 40.5 Å². The number of aromatic nitrogens is 4. The zero-order valence-corrected chi connectivity index (χ0v) is 16.8. The highest BCUT2D eigenvalue weighted by Gasteiger charge is 2.17. The number of nitrogens with zero attached hydrogens (tertiary/aromatic N) is 4. The molecule has 1 N–H and O–H groups in total. The Morgan fingerprint density at radius 1 is 1.14 bits per heavy atom. The number of benzene rings is 2. The highest BCUT2D eigenvalue weighted by Crippen LogP contribution is 2.22. The van der Waals surface area contributed by atoms with Gasteiger partial charge in [0.05, 0.1) is 34.7 Å². The second-order valence-corrected chi connectivity index (χ2v) is 7.05. The van der Waals surface area contributed by atoms with Crippen molar-refractivity contribution in [2.75, 3.05) is 0 Å². The second-order valence-electron chi connectivity index (χ2n) is 6.21. The van der Waals surface area contributed by atoms with E-state index in [2.05, 4.69) is 20.6 Å². The fraction of sp³-hybridized carbons (Fsp3) is 0.100. The summed E-state index contributed by atoms with van der Waals surface area (Å²) in [5.74, 6) is 0.417. The van der Waals surface area contributed by atoms with Crippen molar-refractivity contribution in [3.63, 3.8) is 0 Å². The van der Waals surface area contributed by atoms with E-state index in [-0.39, 0.29) is 12.5 Å². The fourth-order valence-corrected chi connectivity index (χ4v) is 3.13. The molecule has 0 radical (unpaired) electrons. The maximum atomic E-state index is 12.6. The minimum absolute atomic E-state index is 0.0934. The predicted octanol–water partition coefficient (Wildman–Crippen LogP) is 4.47. The van der Waals surface area contributed by atoms with Gasteiger partial charge in [-0.25, -0.2) is 4.68 Å². The van der Waals surface area contributed by atoms with Gasteiger partial charge in [-0.3, -0.25) is 4.79 Å². The molecule has 2 heterocycles. The normalized spacial score (nSPS) is 10.9. The SMILES string of the molecule is Cc1c(C(=O)NCc2nc(-c3ccc(Cl)cc3)no2)cnn1-c1ccccc1Cl. The minimum Gasteiger partial charge on any atom is -0.343 e. The van der Waals surface area contributed by atoms with Crippen molar-refractivity contribution in [3.8, 4) is 17.1 Å². The number of halogens is 2. The molecule has 2 aromatic carbocycles. The third-order valence-corrected chi connectivity index (χ3v) is 4.88. The molecule has 146 valence electrons. The molecule has 0 aliphatic rings. The summed E-state index contributed by atoms with van der Waals surface area (Å²) in [7, 11) is 0. The van der Waals surface area contributed by atoms with Crippen molar-refractivity contribution in [1.82, 2.24) is 25.2 Å². The molecule has 4 rings (SSSR count). The molecule has 7 nitrogen and oxygen atoms in total. The van der Waals surface area contributed by atoms with E-state index in [1.54, 1.807) is 41.9 Å². The van der Waals surface area contributed by atoms with Crippen LogP contribution in [0.15, 0.2) is 59.3 Å². The number of carbonyl (C=O) groups is 1. The summed E-state index contributed by atoms with van der Waals surface area (Å²) in [6.07, 6.45) is 1.50. The van der Waals surface area contributed by atoms with Gasteiger partial charge in [0.1, 0.15) is 0 Å². The van der Waals surface area contributed by atoms with Crippen molar-refractivity contribution in [2.24, 2.45) is 0 Å². The van der Waals surface area contributed by atoms with E-state index >= 15 is 0 Å². The van der Waals surface area contributed by atoms with Gasteiger partial charge in [0.2, 0.25) is 11.7 Å². The van der Waals surface area contributed by atoms with E-state index in [1.165, 1.54) is 6.20 Å². The van der Waals surface area contributed by atoms with Crippen molar-refractivity contribution in [1.29, 1.82) is 0 Å². The van der Waals surface area contributed by atoms with Gasteiger partial charge in [-0.15, -0.1) is 0 Å². The molecule has 0 saturated carbocycles. The third kappa shape index (κ3) is 4.01. The van der Waals surface area contributed by atoms with Crippen LogP contribution in [-0.4, -0.2) is 25.8 Å². The first-order chi connectivity index (χ1) is 14.0. The van der Waals surface area contributed by atoms with Crippen LogP contribution >= 0.6 is 23.2 Å². The lowest BCUT2D eigenvalue weighted by Crippen LogP contribution is -2.23. The first-order valence-corrected chi connectivity index (χ1v) is 9.45. The van der Waals surface area contributed by atoms with E-state index in [0.29, 0.717) is 38.7 Å². The molecular weight excluding hydrogens is 413 g/mol. The maximum absolute atomic E-state index is 12.6. The summed E-state index contributed by atoms with van der Waals surface area (Å²) in [5, 5.41) is 12.1. The van der Waals surface area contributed by atoms with Crippen LogP contribution in [-0.2, 0) is 6.54 Å². The number of hydrogen-bond donors (Lipinski definition) is 1. The molecule has 0 unspecified atom stereocenters. The Bertz CT molecular complexity index is 1170. The Balaban J connectivity index is 1.46. The topological polar surface area (TPSA) is 85.8 Å². The zero-order valence-electron chi connectivity index (χ0n) is 15.3. The molecular formula is C20H15Cl2N5O2. The smallest absolute Gasteiger partial charge is 0.255 e. The van der Waals surface area contributed by atoms with Crippen LogP contribution in [0, 0.1) is 6.92 Å². The lowest BCUT2D eigenvalue weighted by atomic mass is 10.2. The van der Waals surface area contributed by atoms with Gasteiger partial charge < -0.3 is 9.84 Å². The van der Waals surface area contributed by atoms with Crippen LogP contribution < -0.4 is 5.32 Å². The van der Waals surface area contributed by atoms with Gasteiger partial charge >= 0.3 is 0 Å². The highest BCUT2D eigenvalue weighted by atomic mass is 35.5. The van der Waals surface area contributed by atoms with Gasteiger partial charge in [0.25, 0.3) is 5.91 Å². The molecule has 29 heavy (non-hydrogen) atoms. The average molecular weight is 428 g/mol. The van der Waals surface area contributed by atoms with Crippen molar-refractivity contribution in [3.05, 3.63) is 81.9 Å². The monoisotopic (exact) mass is 427 g/mol. The second kappa shape index (κ2) is 8.06. The Labute approximate surface area is 176 Å². The molecule has 0 fully saturated rings. The summed E-state index contributed by atoms with van der Waals surface area (Å²) in [5.41, 5.74) is 2.58. The number of carbonyl (C=O) groups excluding carboxylic acids is 1. The Hall–Kier alpha value is -3.16. The van der Waals surface area contributed by atoms with Crippen molar-refractivity contribution < 1.29 is 9.32 Å². The molecule has 1 amide bonds. The van der Waals surface area contributed by atoms with Crippen LogP contribution in [0.5, 0.6) is 0 Å². The number of rotatable bonds is 5. The summed E-state index contributed by atoms with van der Waals surface area (Å²) in [6, 6.07) is 14.4.